The van der Waals surface area contributed by atoms with Crippen molar-refractivity contribution < 1.29 is 13.9 Å². The van der Waals surface area contributed by atoms with E-state index in [2.05, 4.69) is 11.9 Å². The molecule has 0 spiro atoms. The molecule has 21 heavy (non-hydrogen) atoms. The molecule has 0 aromatic heterocycles. The standard InChI is InChI=1S/C16H21FN2O2/c1-11(21-15-5-3-4-14(17)6-15)16(20)19-9-12-7-18(2)8-13(12)10-19/h3-6,11-13H,7-10H2,1-2H3/t11-,12-,13+/m1/s1. The van der Waals surface area contributed by atoms with Crippen molar-refractivity contribution >= 4 is 5.91 Å². The first-order chi connectivity index (χ1) is 10.0. The number of fused-ring (bicyclic) bond motifs is 1. The van der Waals surface area contributed by atoms with Gasteiger partial charge >= 0.3 is 0 Å². The number of hydrogen-bond acceptors (Lipinski definition) is 3. The van der Waals surface area contributed by atoms with Crippen LogP contribution in [0.3, 0.4) is 0 Å². The van der Waals surface area contributed by atoms with Crippen molar-refractivity contribution in [1.29, 1.82) is 0 Å². The number of rotatable bonds is 3. The molecular formula is C16H21FN2O2. The second-order valence-corrected chi connectivity index (χ2v) is 6.20. The molecule has 0 saturated carbocycles. The Morgan fingerprint density at radius 1 is 1.29 bits per heavy atom. The molecule has 1 aromatic carbocycles. The fourth-order valence-corrected chi connectivity index (χ4v) is 3.46. The summed E-state index contributed by atoms with van der Waals surface area (Å²) >= 11 is 0. The third-order valence-corrected chi connectivity index (χ3v) is 4.44. The molecule has 0 radical (unpaired) electrons. The van der Waals surface area contributed by atoms with E-state index in [0.29, 0.717) is 17.6 Å². The van der Waals surface area contributed by atoms with E-state index in [1.54, 1.807) is 19.1 Å². The number of carbonyl (C=O) groups excluding carboxylic acids is 1. The minimum atomic E-state index is -0.580. The summed E-state index contributed by atoms with van der Waals surface area (Å²) in [5.41, 5.74) is 0. The molecule has 2 heterocycles. The van der Waals surface area contributed by atoms with E-state index in [-0.39, 0.29) is 11.7 Å². The van der Waals surface area contributed by atoms with Crippen LogP contribution in [0.1, 0.15) is 6.92 Å². The first-order valence-corrected chi connectivity index (χ1v) is 7.42. The maximum absolute atomic E-state index is 13.1. The van der Waals surface area contributed by atoms with E-state index < -0.39 is 6.10 Å². The van der Waals surface area contributed by atoms with Crippen molar-refractivity contribution in [3.05, 3.63) is 30.1 Å². The zero-order chi connectivity index (χ0) is 15.0. The average Bonchev–Trinajstić information content (AvgIpc) is 2.94. The van der Waals surface area contributed by atoms with Crippen LogP contribution < -0.4 is 4.74 Å². The molecule has 4 nitrogen and oxygen atoms in total. The number of carbonyl (C=O) groups is 1. The van der Waals surface area contributed by atoms with E-state index in [9.17, 15) is 9.18 Å². The zero-order valence-electron chi connectivity index (χ0n) is 12.5. The summed E-state index contributed by atoms with van der Waals surface area (Å²) in [6, 6.07) is 5.91. The molecule has 3 rings (SSSR count). The summed E-state index contributed by atoms with van der Waals surface area (Å²) in [6.07, 6.45) is -0.580. The van der Waals surface area contributed by atoms with Crippen LogP contribution in [-0.4, -0.2) is 55.0 Å². The topological polar surface area (TPSA) is 32.8 Å². The molecule has 5 heteroatoms. The van der Waals surface area contributed by atoms with Crippen molar-refractivity contribution in [2.45, 2.75) is 13.0 Å². The lowest BCUT2D eigenvalue weighted by atomic mass is 10.0. The van der Waals surface area contributed by atoms with Gasteiger partial charge in [0.25, 0.3) is 5.91 Å². The highest BCUT2D eigenvalue weighted by atomic mass is 19.1. The lowest BCUT2D eigenvalue weighted by molar-refractivity contribution is -0.137. The summed E-state index contributed by atoms with van der Waals surface area (Å²) in [4.78, 5) is 16.7. The van der Waals surface area contributed by atoms with Gasteiger partial charge in [0, 0.05) is 32.2 Å². The molecule has 1 aromatic rings. The summed E-state index contributed by atoms with van der Waals surface area (Å²) in [5.74, 6) is 1.21. The van der Waals surface area contributed by atoms with Crippen LogP contribution in [0.25, 0.3) is 0 Å². The van der Waals surface area contributed by atoms with E-state index in [1.165, 1.54) is 12.1 Å². The molecule has 3 atom stereocenters. The molecular weight excluding hydrogens is 271 g/mol. The molecule has 0 aliphatic carbocycles. The van der Waals surface area contributed by atoms with Gasteiger partial charge in [-0.15, -0.1) is 0 Å². The normalized spacial score (nSPS) is 26.7. The fourth-order valence-electron chi connectivity index (χ4n) is 3.46. The van der Waals surface area contributed by atoms with Crippen molar-refractivity contribution in [2.75, 3.05) is 33.2 Å². The van der Waals surface area contributed by atoms with Crippen LogP contribution in [0.4, 0.5) is 4.39 Å². The number of nitrogens with zero attached hydrogens (tertiary/aromatic N) is 2. The zero-order valence-corrected chi connectivity index (χ0v) is 12.5. The Bertz CT molecular complexity index is 523. The van der Waals surface area contributed by atoms with Crippen LogP contribution in [-0.2, 0) is 4.79 Å². The molecule has 0 unspecified atom stereocenters. The van der Waals surface area contributed by atoms with Gasteiger partial charge in [-0.05, 0) is 37.9 Å². The monoisotopic (exact) mass is 292 g/mol. The number of ether oxygens (including phenoxy) is 1. The van der Waals surface area contributed by atoms with Crippen LogP contribution in [0, 0.1) is 17.7 Å². The van der Waals surface area contributed by atoms with E-state index >= 15 is 0 Å². The molecule has 2 saturated heterocycles. The Hall–Kier alpha value is -1.62. The molecule has 0 N–H and O–H groups in total. The quantitative estimate of drug-likeness (QED) is 0.848. The molecule has 114 valence electrons. The maximum atomic E-state index is 13.1. The Labute approximate surface area is 124 Å². The lowest BCUT2D eigenvalue weighted by Crippen LogP contribution is -2.40. The summed E-state index contributed by atoms with van der Waals surface area (Å²) in [6.45, 7) is 5.48. The van der Waals surface area contributed by atoms with Crippen molar-refractivity contribution in [3.8, 4) is 5.75 Å². The van der Waals surface area contributed by atoms with Crippen LogP contribution in [0.15, 0.2) is 24.3 Å². The Morgan fingerprint density at radius 3 is 2.57 bits per heavy atom. The number of halogens is 1. The Kier molecular flexibility index (Phi) is 3.85. The largest absolute Gasteiger partial charge is 0.481 e. The van der Waals surface area contributed by atoms with Gasteiger partial charge < -0.3 is 14.5 Å². The first kappa shape index (κ1) is 14.3. The second kappa shape index (κ2) is 5.64. The third-order valence-electron chi connectivity index (χ3n) is 4.44. The van der Waals surface area contributed by atoms with Gasteiger partial charge in [-0.3, -0.25) is 4.79 Å². The van der Waals surface area contributed by atoms with Gasteiger partial charge in [-0.25, -0.2) is 4.39 Å². The maximum Gasteiger partial charge on any atom is 0.263 e. The Balaban J connectivity index is 1.58. The highest BCUT2D eigenvalue weighted by molar-refractivity contribution is 5.81. The molecule has 2 aliphatic rings. The van der Waals surface area contributed by atoms with Gasteiger partial charge in [-0.2, -0.15) is 0 Å². The van der Waals surface area contributed by atoms with Gasteiger partial charge in [0.15, 0.2) is 6.10 Å². The van der Waals surface area contributed by atoms with E-state index in [1.807, 2.05) is 4.90 Å². The van der Waals surface area contributed by atoms with E-state index in [4.69, 9.17) is 4.74 Å². The SMILES string of the molecule is C[C@@H](Oc1cccc(F)c1)C(=O)N1C[C@H]2CN(C)C[C@H]2C1. The summed E-state index contributed by atoms with van der Waals surface area (Å²) in [7, 11) is 2.13. The lowest BCUT2D eigenvalue weighted by Gasteiger charge is -2.23. The van der Waals surface area contributed by atoms with E-state index in [0.717, 1.165) is 26.2 Å². The number of amides is 1. The minimum Gasteiger partial charge on any atom is -0.481 e. The first-order valence-electron chi connectivity index (χ1n) is 7.42. The highest BCUT2D eigenvalue weighted by Crippen LogP contribution is 2.30. The molecule has 2 aliphatic heterocycles. The van der Waals surface area contributed by atoms with Gasteiger partial charge in [0.2, 0.25) is 0 Å². The van der Waals surface area contributed by atoms with Crippen LogP contribution in [0.2, 0.25) is 0 Å². The second-order valence-electron chi connectivity index (χ2n) is 6.20. The summed E-state index contributed by atoms with van der Waals surface area (Å²) in [5, 5.41) is 0. The highest BCUT2D eigenvalue weighted by Gasteiger charge is 2.41. The smallest absolute Gasteiger partial charge is 0.263 e. The fraction of sp³-hybridized carbons (Fsp3) is 0.562. The van der Waals surface area contributed by atoms with Crippen molar-refractivity contribution in [1.82, 2.24) is 9.80 Å². The Morgan fingerprint density at radius 2 is 1.95 bits per heavy atom. The van der Waals surface area contributed by atoms with Gasteiger partial charge in [-0.1, -0.05) is 6.07 Å². The predicted molar refractivity (Wildman–Crippen MR) is 77.5 cm³/mol. The molecule has 1 amide bonds. The number of benzene rings is 1. The minimum absolute atomic E-state index is 0.00341. The van der Waals surface area contributed by atoms with Gasteiger partial charge in [0.05, 0.1) is 0 Å². The molecule has 0 bridgehead atoms. The predicted octanol–water partition coefficient (Wildman–Crippen LogP) is 1.61. The van der Waals surface area contributed by atoms with Crippen LogP contribution in [0.5, 0.6) is 5.75 Å². The van der Waals surface area contributed by atoms with Gasteiger partial charge in [0.1, 0.15) is 11.6 Å². The molecule has 2 fully saturated rings. The van der Waals surface area contributed by atoms with Crippen molar-refractivity contribution in [2.24, 2.45) is 11.8 Å². The van der Waals surface area contributed by atoms with Crippen LogP contribution >= 0.6 is 0 Å². The number of hydrogen-bond donors (Lipinski definition) is 0. The number of likely N-dealkylation sites (tertiary alicyclic amines) is 2. The van der Waals surface area contributed by atoms with Crippen molar-refractivity contribution in [3.63, 3.8) is 0 Å². The average molecular weight is 292 g/mol. The third kappa shape index (κ3) is 3.02. The summed E-state index contributed by atoms with van der Waals surface area (Å²) < 4.78 is 18.7.